The van der Waals surface area contributed by atoms with Crippen LogP contribution in [0, 0.1) is 23.7 Å². The van der Waals surface area contributed by atoms with Crippen molar-refractivity contribution in [3.63, 3.8) is 0 Å². The number of carbonyl (C=O) groups is 2. The minimum Gasteiger partial charge on any atom is -0.465 e. The van der Waals surface area contributed by atoms with Crippen molar-refractivity contribution >= 4 is 11.8 Å². The van der Waals surface area contributed by atoms with Gasteiger partial charge in [0.1, 0.15) is 5.41 Å². The SMILES string of the molecule is C#CC[C@@]1(C(=O)OCC)C(=O)C=CC[C@@H]1C. The number of esters is 1. The molecule has 0 unspecified atom stereocenters. The second-order valence-electron chi connectivity index (χ2n) is 3.98. The Morgan fingerprint density at radius 1 is 1.75 bits per heavy atom. The minimum atomic E-state index is -1.17. The van der Waals surface area contributed by atoms with E-state index < -0.39 is 11.4 Å². The molecule has 0 heterocycles. The highest BCUT2D eigenvalue weighted by Crippen LogP contribution is 2.39. The summed E-state index contributed by atoms with van der Waals surface area (Å²) in [6.45, 7) is 3.83. The molecule has 0 amide bonds. The number of hydrogen-bond donors (Lipinski definition) is 0. The van der Waals surface area contributed by atoms with Crippen LogP contribution in [0.3, 0.4) is 0 Å². The molecule has 1 rings (SSSR count). The Labute approximate surface area is 95.9 Å². The highest BCUT2D eigenvalue weighted by Gasteiger charge is 2.50. The van der Waals surface area contributed by atoms with Crippen molar-refractivity contribution in [2.75, 3.05) is 6.61 Å². The number of hydrogen-bond acceptors (Lipinski definition) is 3. The number of ketones is 1. The van der Waals surface area contributed by atoms with Gasteiger partial charge in [-0.3, -0.25) is 9.59 Å². The Bertz CT molecular complexity index is 362. The third kappa shape index (κ3) is 1.88. The lowest BCUT2D eigenvalue weighted by Crippen LogP contribution is -2.46. The number of carbonyl (C=O) groups excluding carboxylic acids is 2. The van der Waals surface area contributed by atoms with Crippen LogP contribution in [0.2, 0.25) is 0 Å². The predicted molar refractivity (Wildman–Crippen MR) is 60.4 cm³/mol. The molecule has 0 N–H and O–H groups in total. The second kappa shape index (κ2) is 4.98. The van der Waals surface area contributed by atoms with E-state index >= 15 is 0 Å². The number of ether oxygens (including phenoxy) is 1. The van der Waals surface area contributed by atoms with Gasteiger partial charge in [-0.05, 0) is 25.3 Å². The molecule has 3 nitrogen and oxygen atoms in total. The molecule has 0 aromatic heterocycles. The molecule has 3 heteroatoms. The van der Waals surface area contributed by atoms with Gasteiger partial charge in [0, 0.05) is 6.42 Å². The van der Waals surface area contributed by atoms with Crippen LogP contribution in [0.15, 0.2) is 12.2 Å². The maximum absolute atomic E-state index is 12.0. The van der Waals surface area contributed by atoms with Crippen LogP contribution in [0.4, 0.5) is 0 Å². The highest BCUT2D eigenvalue weighted by atomic mass is 16.5. The maximum Gasteiger partial charge on any atom is 0.321 e. The molecule has 0 aromatic rings. The zero-order valence-corrected chi connectivity index (χ0v) is 9.66. The zero-order chi connectivity index (χ0) is 12.2. The van der Waals surface area contributed by atoms with E-state index in [0.29, 0.717) is 6.42 Å². The van der Waals surface area contributed by atoms with Crippen molar-refractivity contribution in [2.24, 2.45) is 11.3 Å². The van der Waals surface area contributed by atoms with Crippen LogP contribution in [0.5, 0.6) is 0 Å². The van der Waals surface area contributed by atoms with Crippen molar-refractivity contribution in [2.45, 2.75) is 26.7 Å². The third-order valence-electron chi connectivity index (χ3n) is 3.06. The maximum atomic E-state index is 12.0. The molecule has 0 aromatic carbocycles. The first-order valence-corrected chi connectivity index (χ1v) is 5.41. The quantitative estimate of drug-likeness (QED) is 0.413. The van der Waals surface area contributed by atoms with Crippen LogP contribution in [0.1, 0.15) is 26.7 Å². The van der Waals surface area contributed by atoms with Crippen LogP contribution < -0.4 is 0 Å². The number of allylic oxidation sites excluding steroid dienone is 2. The molecule has 0 saturated heterocycles. The average molecular weight is 220 g/mol. The molecule has 0 fully saturated rings. The van der Waals surface area contributed by atoms with E-state index in [-0.39, 0.29) is 24.7 Å². The molecule has 0 aliphatic heterocycles. The first-order chi connectivity index (χ1) is 7.59. The molecule has 1 aliphatic rings. The molecular weight excluding hydrogens is 204 g/mol. The number of terminal acetylenes is 1. The largest absolute Gasteiger partial charge is 0.465 e. The fraction of sp³-hybridized carbons (Fsp3) is 0.538. The summed E-state index contributed by atoms with van der Waals surface area (Å²) in [6, 6.07) is 0. The van der Waals surface area contributed by atoms with Gasteiger partial charge < -0.3 is 4.74 Å². The molecule has 86 valence electrons. The van der Waals surface area contributed by atoms with Crippen LogP contribution in [0.25, 0.3) is 0 Å². The molecule has 1 aliphatic carbocycles. The summed E-state index contributed by atoms with van der Waals surface area (Å²) in [7, 11) is 0. The van der Waals surface area contributed by atoms with Gasteiger partial charge in [-0.2, -0.15) is 0 Å². The summed E-state index contributed by atoms with van der Waals surface area (Å²) in [4.78, 5) is 23.9. The van der Waals surface area contributed by atoms with Gasteiger partial charge >= 0.3 is 5.97 Å². The van der Waals surface area contributed by atoms with E-state index in [9.17, 15) is 9.59 Å². The van der Waals surface area contributed by atoms with Gasteiger partial charge in [-0.25, -0.2) is 0 Å². The number of rotatable bonds is 3. The zero-order valence-electron chi connectivity index (χ0n) is 9.66. The molecule has 0 bridgehead atoms. The first kappa shape index (κ1) is 12.5. The van der Waals surface area contributed by atoms with Crippen molar-refractivity contribution in [1.29, 1.82) is 0 Å². The Morgan fingerprint density at radius 2 is 2.44 bits per heavy atom. The molecule has 2 atom stereocenters. The van der Waals surface area contributed by atoms with Gasteiger partial charge in [0.2, 0.25) is 0 Å². The summed E-state index contributed by atoms with van der Waals surface area (Å²) >= 11 is 0. The van der Waals surface area contributed by atoms with Gasteiger partial charge in [0.05, 0.1) is 6.61 Å². The summed E-state index contributed by atoms with van der Waals surface area (Å²) in [5.74, 6) is 1.59. The van der Waals surface area contributed by atoms with E-state index in [2.05, 4.69) is 5.92 Å². The van der Waals surface area contributed by atoms with Crippen molar-refractivity contribution in [1.82, 2.24) is 0 Å². The normalized spacial score (nSPS) is 28.6. The van der Waals surface area contributed by atoms with E-state index in [1.807, 2.05) is 6.92 Å². The molecule has 0 saturated carbocycles. The van der Waals surface area contributed by atoms with Gasteiger partial charge in [0.15, 0.2) is 5.78 Å². The van der Waals surface area contributed by atoms with E-state index in [1.54, 1.807) is 13.0 Å². The van der Waals surface area contributed by atoms with E-state index in [1.165, 1.54) is 6.08 Å². The lowest BCUT2D eigenvalue weighted by Gasteiger charge is -2.34. The first-order valence-electron chi connectivity index (χ1n) is 5.41. The van der Waals surface area contributed by atoms with Crippen LogP contribution in [-0.2, 0) is 14.3 Å². The topological polar surface area (TPSA) is 43.4 Å². The van der Waals surface area contributed by atoms with Crippen LogP contribution in [-0.4, -0.2) is 18.4 Å². The summed E-state index contributed by atoms with van der Waals surface area (Å²) in [5.41, 5.74) is -1.17. The van der Waals surface area contributed by atoms with Gasteiger partial charge in [0.25, 0.3) is 0 Å². The molecule has 16 heavy (non-hydrogen) atoms. The fourth-order valence-electron chi connectivity index (χ4n) is 2.03. The smallest absolute Gasteiger partial charge is 0.321 e. The Hall–Kier alpha value is -1.56. The average Bonchev–Trinajstić information content (AvgIpc) is 2.24. The van der Waals surface area contributed by atoms with Crippen molar-refractivity contribution in [3.8, 4) is 12.3 Å². The summed E-state index contributed by atoms with van der Waals surface area (Å²) < 4.78 is 4.99. The van der Waals surface area contributed by atoms with Crippen LogP contribution >= 0.6 is 0 Å². The van der Waals surface area contributed by atoms with Crippen molar-refractivity contribution < 1.29 is 14.3 Å². The Balaban J connectivity index is 3.13. The lowest BCUT2D eigenvalue weighted by atomic mass is 9.67. The monoisotopic (exact) mass is 220 g/mol. The fourth-order valence-corrected chi connectivity index (χ4v) is 2.03. The van der Waals surface area contributed by atoms with E-state index in [4.69, 9.17) is 11.2 Å². The predicted octanol–water partition coefficient (Wildman–Crippen LogP) is 1.72. The standard InChI is InChI=1S/C13H16O3/c1-4-9-13(12(15)16-5-2)10(3)7-6-8-11(13)14/h1,6,8,10H,5,7,9H2,2-3H3/t10-,13-/m0/s1. The van der Waals surface area contributed by atoms with Gasteiger partial charge in [-0.1, -0.05) is 13.0 Å². The van der Waals surface area contributed by atoms with E-state index in [0.717, 1.165) is 0 Å². The van der Waals surface area contributed by atoms with Gasteiger partial charge in [-0.15, -0.1) is 12.3 Å². The Kier molecular flexibility index (Phi) is 3.89. The summed E-state index contributed by atoms with van der Waals surface area (Å²) in [6.07, 6.45) is 9.27. The van der Waals surface area contributed by atoms with Crippen molar-refractivity contribution in [3.05, 3.63) is 12.2 Å². The third-order valence-corrected chi connectivity index (χ3v) is 3.06. The lowest BCUT2D eigenvalue weighted by molar-refractivity contribution is -0.162. The Morgan fingerprint density at radius 3 is 2.94 bits per heavy atom. The minimum absolute atomic E-state index is 0.107. The highest BCUT2D eigenvalue weighted by molar-refractivity contribution is 6.10. The molecule has 0 spiro atoms. The summed E-state index contributed by atoms with van der Waals surface area (Å²) in [5, 5.41) is 0. The molecular formula is C13H16O3. The second-order valence-corrected chi connectivity index (χ2v) is 3.98. The molecule has 0 radical (unpaired) electrons.